The van der Waals surface area contributed by atoms with Crippen molar-refractivity contribution in [1.29, 1.82) is 0 Å². The molecule has 0 spiro atoms. The standard InChI is InChI=1S/C16H30O4/c1-3-5-6-7-8-9-10-11-12-20-16(19)14(4-2)13-15(17)18/h14H,3-13H2,1-2H3,(H,17,18). The molecule has 4 nitrogen and oxygen atoms in total. The number of ether oxygens (including phenoxy) is 1. The molecule has 0 amide bonds. The molecule has 0 saturated heterocycles. The molecule has 0 rings (SSSR count). The quantitative estimate of drug-likeness (QED) is 0.407. The highest BCUT2D eigenvalue weighted by Gasteiger charge is 2.20. The van der Waals surface area contributed by atoms with Gasteiger partial charge in [0.15, 0.2) is 0 Å². The van der Waals surface area contributed by atoms with Crippen molar-refractivity contribution in [2.45, 2.75) is 78.1 Å². The number of hydrogen-bond donors (Lipinski definition) is 1. The van der Waals surface area contributed by atoms with Crippen molar-refractivity contribution < 1.29 is 19.4 Å². The molecule has 0 radical (unpaired) electrons. The minimum absolute atomic E-state index is 0.132. The molecule has 4 heteroatoms. The first-order chi connectivity index (χ1) is 9.61. The number of rotatable bonds is 13. The van der Waals surface area contributed by atoms with E-state index < -0.39 is 11.9 Å². The third-order valence-corrected chi connectivity index (χ3v) is 3.49. The van der Waals surface area contributed by atoms with Crippen LogP contribution in [0, 0.1) is 5.92 Å². The topological polar surface area (TPSA) is 63.6 Å². The fourth-order valence-electron chi connectivity index (χ4n) is 2.13. The van der Waals surface area contributed by atoms with Crippen LogP contribution >= 0.6 is 0 Å². The zero-order valence-corrected chi connectivity index (χ0v) is 13.0. The minimum atomic E-state index is -0.944. The van der Waals surface area contributed by atoms with E-state index >= 15 is 0 Å². The molecule has 0 aliphatic rings. The molecule has 1 unspecified atom stereocenters. The Balaban J connectivity index is 3.49. The Kier molecular flexibility index (Phi) is 12.3. The van der Waals surface area contributed by atoms with Crippen LogP contribution in [0.4, 0.5) is 0 Å². The SMILES string of the molecule is CCCCCCCCCCOC(=O)C(CC)CC(=O)O. The Morgan fingerprint density at radius 2 is 1.50 bits per heavy atom. The highest BCUT2D eigenvalue weighted by atomic mass is 16.5. The summed E-state index contributed by atoms with van der Waals surface area (Å²) in [5, 5.41) is 8.69. The van der Waals surface area contributed by atoms with E-state index in [0.717, 1.165) is 12.8 Å². The van der Waals surface area contributed by atoms with Crippen LogP contribution in [-0.4, -0.2) is 23.7 Å². The van der Waals surface area contributed by atoms with E-state index in [-0.39, 0.29) is 12.4 Å². The Bertz CT molecular complexity index is 263. The van der Waals surface area contributed by atoms with E-state index in [1.54, 1.807) is 0 Å². The van der Waals surface area contributed by atoms with E-state index in [4.69, 9.17) is 9.84 Å². The first kappa shape index (κ1) is 18.9. The molecular formula is C16H30O4. The van der Waals surface area contributed by atoms with Gasteiger partial charge in [-0.2, -0.15) is 0 Å². The van der Waals surface area contributed by atoms with Gasteiger partial charge < -0.3 is 9.84 Å². The zero-order valence-electron chi connectivity index (χ0n) is 13.0. The second kappa shape index (κ2) is 12.9. The van der Waals surface area contributed by atoms with Crippen molar-refractivity contribution >= 4 is 11.9 Å². The van der Waals surface area contributed by atoms with E-state index in [1.165, 1.54) is 38.5 Å². The molecule has 0 aromatic rings. The van der Waals surface area contributed by atoms with Gasteiger partial charge in [0.05, 0.1) is 18.9 Å². The Labute approximate surface area is 122 Å². The molecule has 0 aliphatic heterocycles. The molecule has 1 atom stereocenters. The number of aliphatic carboxylic acids is 1. The fourth-order valence-corrected chi connectivity index (χ4v) is 2.13. The molecule has 118 valence electrons. The molecule has 0 aromatic heterocycles. The number of carboxylic acids is 1. The summed E-state index contributed by atoms with van der Waals surface area (Å²) in [4.78, 5) is 22.2. The van der Waals surface area contributed by atoms with Gasteiger partial charge in [-0.25, -0.2) is 0 Å². The van der Waals surface area contributed by atoms with Crippen molar-refractivity contribution in [3.63, 3.8) is 0 Å². The smallest absolute Gasteiger partial charge is 0.309 e. The van der Waals surface area contributed by atoms with Crippen molar-refractivity contribution in [2.75, 3.05) is 6.61 Å². The number of carbonyl (C=O) groups excluding carboxylic acids is 1. The molecule has 0 aliphatic carbocycles. The van der Waals surface area contributed by atoms with Crippen molar-refractivity contribution in [3.05, 3.63) is 0 Å². The lowest BCUT2D eigenvalue weighted by Gasteiger charge is -2.11. The Morgan fingerprint density at radius 1 is 0.950 bits per heavy atom. The third kappa shape index (κ3) is 10.8. The van der Waals surface area contributed by atoms with Crippen LogP contribution in [0.15, 0.2) is 0 Å². The zero-order chi connectivity index (χ0) is 15.2. The number of esters is 1. The van der Waals surface area contributed by atoms with Crippen LogP contribution in [0.5, 0.6) is 0 Å². The first-order valence-electron chi connectivity index (χ1n) is 8.00. The number of hydrogen-bond acceptors (Lipinski definition) is 3. The van der Waals surface area contributed by atoms with Gasteiger partial charge in [-0.15, -0.1) is 0 Å². The average Bonchev–Trinajstić information content (AvgIpc) is 2.42. The number of carboxylic acid groups (broad SMARTS) is 1. The van der Waals surface area contributed by atoms with Crippen molar-refractivity contribution in [1.82, 2.24) is 0 Å². The van der Waals surface area contributed by atoms with Gasteiger partial charge in [-0.3, -0.25) is 9.59 Å². The largest absolute Gasteiger partial charge is 0.481 e. The Hall–Kier alpha value is -1.06. The average molecular weight is 286 g/mol. The maximum Gasteiger partial charge on any atom is 0.309 e. The van der Waals surface area contributed by atoms with Gasteiger partial charge in [0.1, 0.15) is 0 Å². The molecule has 0 heterocycles. The predicted molar refractivity (Wildman–Crippen MR) is 79.6 cm³/mol. The highest BCUT2D eigenvalue weighted by molar-refractivity contribution is 5.78. The van der Waals surface area contributed by atoms with Gasteiger partial charge in [-0.1, -0.05) is 58.8 Å². The summed E-state index contributed by atoms with van der Waals surface area (Å²) in [7, 11) is 0. The molecule has 20 heavy (non-hydrogen) atoms. The lowest BCUT2D eigenvalue weighted by molar-refractivity contribution is -0.153. The summed E-state index contributed by atoms with van der Waals surface area (Å²) in [5.74, 6) is -1.81. The molecular weight excluding hydrogens is 256 g/mol. The number of carbonyl (C=O) groups is 2. The van der Waals surface area contributed by atoms with E-state index in [9.17, 15) is 9.59 Å². The van der Waals surface area contributed by atoms with Crippen LogP contribution in [0.2, 0.25) is 0 Å². The molecule has 0 fully saturated rings. The van der Waals surface area contributed by atoms with Gasteiger partial charge >= 0.3 is 11.9 Å². The summed E-state index contributed by atoms with van der Waals surface area (Å²) in [5.41, 5.74) is 0. The Morgan fingerprint density at radius 3 is 2.00 bits per heavy atom. The number of unbranched alkanes of at least 4 members (excludes halogenated alkanes) is 7. The van der Waals surface area contributed by atoms with Crippen LogP contribution in [0.3, 0.4) is 0 Å². The lowest BCUT2D eigenvalue weighted by Crippen LogP contribution is -2.20. The van der Waals surface area contributed by atoms with Crippen LogP contribution in [0.1, 0.15) is 78.1 Å². The summed E-state index contributed by atoms with van der Waals surface area (Å²) in [6.45, 7) is 4.44. The maximum atomic E-state index is 11.6. The van der Waals surface area contributed by atoms with Gasteiger partial charge in [-0.05, 0) is 12.8 Å². The first-order valence-corrected chi connectivity index (χ1v) is 8.00. The minimum Gasteiger partial charge on any atom is -0.481 e. The second-order valence-electron chi connectivity index (χ2n) is 5.35. The molecule has 0 aromatic carbocycles. The van der Waals surface area contributed by atoms with Gasteiger partial charge in [0.25, 0.3) is 0 Å². The summed E-state index contributed by atoms with van der Waals surface area (Å²) in [6, 6.07) is 0. The lowest BCUT2D eigenvalue weighted by atomic mass is 10.0. The second-order valence-corrected chi connectivity index (χ2v) is 5.35. The molecule has 1 N–H and O–H groups in total. The summed E-state index contributed by atoms with van der Waals surface area (Å²) in [6.07, 6.45) is 9.99. The van der Waals surface area contributed by atoms with E-state index in [2.05, 4.69) is 6.92 Å². The van der Waals surface area contributed by atoms with Gasteiger partial charge in [0, 0.05) is 0 Å². The van der Waals surface area contributed by atoms with Crippen LogP contribution < -0.4 is 0 Å². The van der Waals surface area contributed by atoms with Crippen molar-refractivity contribution in [3.8, 4) is 0 Å². The third-order valence-electron chi connectivity index (χ3n) is 3.49. The van der Waals surface area contributed by atoms with Crippen LogP contribution in [-0.2, 0) is 14.3 Å². The summed E-state index contributed by atoms with van der Waals surface area (Å²) >= 11 is 0. The molecule has 0 saturated carbocycles. The van der Waals surface area contributed by atoms with Gasteiger partial charge in [0.2, 0.25) is 0 Å². The maximum absolute atomic E-state index is 11.6. The fraction of sp³-hybridized carbons (Fsp3) is 0.875. The molecule has 0 bridgehead atoms. The van der Waals surface area contributed by atoms with E-state index in [1.807, 2.05) is 6.92 Å². The summed E-state index contributed by atoms with van der Waals surface area (Å²) < 4.78 is 5.14. The van der Waals surface area contributed by atoms with Crippen LogP contribution in [0.25, 0.3) is 0 Å². The van der Waals surface area contributed by atoms with Crippen molar-refractivity contribution in [2.24, 2.45) is 5.92 Å². The predicted octanol–water partition coefficient (Wildman–Crippen LogP) is 4.17. The normalized spacial score (nSPS) is 12.1. The van der Waals surface area contributed by atoms with E-state index in [0.29, 0.717) is 13.0 Å². The highest BCUT2D eigenvalue weighted by Crippen LogP contribution is 2.12. The monoisotopic (exact) mass is 286 g/mol.